The van der Waals surface area contributed by atoms with Crippen LogP contribution in [-0.2, 0) is 4.79 Å². The highest BCUT2D eigenvalue weighted by Gasteiger charge is 2.14. The quantitative estimate of drug-likeness (QED) is 0.483. The van der Waals surface area contributed by atoms with Gasteiger partial charge in [0.25, 0.3) is 5.69 Å². The minimum absolute atomic E-state index is 0.177. The van der Waals surface area contributed by atoms with Crippen molar-refractivity contribution in [2.24, 2.45) is 0 Å². The van der Waals surface area contributed by atoms with Gasteiger partial charge in [-0.1, -0.05) is 11.8 Å². The van der Waals surface area contributed by atoms with Crippen LogP contribution in [0.4, 0.5) is 10.1 Å². The molecule has 1 rings (SSSR count). The van der Waals surface area contributed by atoms with Gasteiger partial charge in [-0.25, -0.2) is 4.39 Å². The van der Waals surface area contributed by atoms with Crippen LogP contribution in [0.25, 0.3) is 0 Å². The third-order valence-electron chi connectivity index (χ3n) is 1.94. The van der Waals surface area contributed by atoms with Crippen molar-refractivity contribution >= 4 is 11.7 Å². The molecule has 1 N–H and O–H groups in total. The number of aliphatic carboxylic acids is 1. The summed E-state index contributed by atoms with van der Waals surface area (Å²) in [5, 5.41) is 19.0. The van der Waals surface area contributed by atoms with E-state index in [2.05, 4.69) is 11.8 Å². The third kappa shape index (κ3) is 3.28. The zero-order valence-electron chi connectivity index (χ0n) is 8.86. The minimum atomic E-state index is -1.14. The van der Waals surface area contributed by atoms with Gasteiger partial charge in [0.05, 0.1) is 10.5 Å². The van der Waals surface area contributed by atoms with Gasteiger partial charge in [-0.05, 0) is 13.0 Å². The highest BCUT2D eigenvalue weighted by atomic mass is 19.1. The summed E-state index contributed by atoms with van der Waals surface area (Å²) in [5.74, 6) is 2.63. The molecule has 0 bridgehead atoms. The van der Waals surface area contributed by atoms with Gasteiger partial charge in [0, 0.05) is 11.6 Å². The molecule has 88 valence electrons. The molecule has 0 spiro atoms. The first-order chi connectivity index (χ1) is 7.91. The van der Waals surface area contributed by atoms with E-state index in [9.17, 15) is 19.3 Å². The normalized spacial score (nSPS) is 9.29. The number of nitrogens with zero attached hydrogens (tertiary/aromatic N) is 1. The summed E-state index contributed by atoms with van der Waals surface area (Å²) in [6, 6.07) is 2.00. The average molecular weight is 237 g/mol. The molecule has 0 aliphatic carbocycles. The lowest BCUT2D eigenvalue weighted by Crippen LogP contribution is -1.95. The number of aryl methyl sites for hydroxylation is 1. The first kappa shape index (κ1) is 12.6. The predicted molar refractivity (Wildman–Crippen MR) is 56.9 cm³/mol. The Balaban J connectivity index is 3.15. The molecule has 0 aliphatic heterocycles. The fraction of sp³-hybridized carbons (Fsp3) is 0.182. The van der Waals surface area contributed by atoms with Gasteiger partial charge in [-0.15, -0.1) is 0 Å². The second kappa shape index (κ2) is 5.07. The number of carboxylic acid groups (broad SMARTS) is 1. The van der Waals surface area contributed by atoms with E-state index < -0.39 is 23.1 Å². The van der Waals surface area contributed by atoms with E-state index >= 15 is 0 Å². The van der Waals surface area contributed by atoms with Crippen molar-refractivity contribution in [3.8, 4) is 11.8 Å². The van der Waals surface area contributed by atoms with Crippen LogP contribution in [0.2, 0.25) is 0 Å². The predicted octanol–water partition coefficient (Wildman–Crippen LogP) is 1.87. The number of hydrogen-bond donors (Lipinski definition) is 1. The molecule has 1 aromatic carbocycles. The zero-order valence-corrected chi connectivity index (χ0v) is 8.86. The molecular formula is C11H8FNO4. The lowest BCUT2D eigenvalue weighted by molar-refractivity contribution is -0.385. The molecule has 6 heteroatoms. The first-order valence-corrected chi connectivity index (χ1v) is 4.57. The maximum absolute atomic E-state index is 13.3. The topological polar surface area (TPSA) is 80.4 Å². The molecule has 0 aliphatic rings. The second-order valence-electron chi connectivity index (χ2n) is 3.25. The monoisotopic (exact) mass is 237 g/mol. The SMILES string of the molecule is Cc1cc(F)c(C#CCC(=O)O)cc1[N+](=O)[O-]. The number of carbonyl (C=O) groups is 1. The van der Waals surface area contributed by atoms with Crippen molar-refractivity contribution in [2.75, 3.05) is 0 Å². The molecule has 0 unspecified atom stereocenters. The van der Waals surface area contributed by atoms with Gasteiger partial charge in [-0.2, -0.15) is 0 Å². The minimum Gasteiger partial charge on any atom is -0.481 e. The van der Waals surface area contributed by atoms with E-state index in [1.54, 1.807) is 0 Å². The van der Waals surface area contributed by atoms with Gasteiger partial charge in [-0.3, -0.25) is 14.9 Å². The molecule has 0 aromatic heterocycles. The van der Waals surface area contributed by atoms with Crippen LogP contribution in [0.3, 0.4) is 0 Å². The van der Waals surface area contributed by atoms with Crippen LogP contribution in [0.5, 0.6) is 0 Å². The average Bonchev–Trinajstić information content (AvgIpc) is 2.20. The summed E-state index contributed by atoms with van der Waals surface area (Å²) in [5.41, 5.74) is -0.231. The molecule has 0 saturated heterocycles. The number of halogens is 1. The third-order valence-corrected chi connectivity index (χ3v) is 1.94. The van der Waals surface area contributed by atoms with Gasteiger partial charge >= 0.3 is 5.97 Å². The molecule has 0 heterocycles. The number of hydrogen-bond acceptors (Lipinski definition) is 3. The number of nitro groups is 1. The molecule has 5 nitrogen and oxygen atoms in total. The van der Waals surface area contributed by atoms with Crippen LogP contribution in [0.15, 0.2) is 12.1 Å². The summed E-state index contributed by atoms with van der Waals surface area (Å²) in [4.78, 5) is 20.2. The first-order valence-electron chi connectivity index (χ1n) is 4.57. The molecule has 0 amide bonds. The van der Waals surface area contributed by atoms with E-state index in [0.717, 1.165) is 12.1 Å². The number of carboxylic acids is 1. The Hall–Kier alpha value is -2.42. The van der Waals surface area contributed by atoms with Crippen LogP contribution in [-0.4, -0.2) is 16.0 Å². The fourth-order valence-electron chi connectivity index (χ4n) is 1.17. The van der Waals surface area contributed by atoms with Crippen molar-refractivity contribution < 1.29 is 19.2 Å². The van der Waals surface area contributed by atoms with Gasteiger partial charge in [0.2, 0.25) is 0 Å². The van der Waals surface area contributed by atoms with E-state index in [-0.39, 0.29) is 16.8 Å². The highest BCUT2D eigenvalue weighted by Crippen LogP contribution is 2.21. The Kier molecular flexibility index (Phi) is 3.78. The smallest absolute Gasteiger partial charge is 0.315 e. The Labute approximate surface area is 96.0 Å². The van der Waals surface area contributed by atoms with Crippen LogP contribution in [0.1, 0.15) is 17.5 Å². The van der Waals surface area contributed by atoms with E-state index in [1.165, 1.54) is 6.92 Å². The fourth-order valence-corrected chi connectivity index (χ4v) is 1.17. The molecule has 17 heavy (non-hydrogen) atoms. The van der Waals surface area contributed by atoms with Gasteiger partial charge in [0.15, 0.2) is 0 Å². The summed E-state index contributed by atoms with van der Waals surface area (Å²) in [6.07, 6.45) is -0.443. The highest BCUT2D eigenvalue weighted by molar-refractivity contribution is 5.70. The Morgan fingerprint density at radius 2 is 2.24 bits per heavy atom. The standard InChI is InChI=1S/C11H8FNO4/c1-7-5-9(12)8(3-2-4-11(14)15)6-10(7)13(16)17/h5-6H,4H2,1H3,(H,14,15). The van der Waals surface area contributed by atoms with E-state index in [4.69, 9.17) is 5.11 Å². The van der Waals surface area contributed by atoms with Gasteiger partial charge in [0.1, 0.15) is 12.2 Å². The van der Waals surface area contributed by atoms with Crippen LogP contribution >= 0.6 is 0 Å². The molecule has 0 radical (unpaired) electrons. The molecule has 0 atom stereocenters. The Bertz CT molecular complexity index is 542. The van der Waals surface area contributed by atoms with Crippen molar-refractivity contribution in [2.45, 2.75) is 13.3 Å². The Morgan fingerprint density at radius 1 is 1.59 bits per heavy atom. The summed E-state index contributed by atoms with van der Waals surface area (Å²) < 4.78 is 13.3. The maximum atomic E-state index is 13.3. The lowest BCUT2D eigenvalue weighted by atomic mass is 10.1. The molecule has 0 saturated carbocycles. The number of benzene rings is 1. The van der Waals surface area contributed by atoms with Crippen molar-refractivity contribution in [1.29, 1.82) is 0 Å². The van der Waals surface area contributed by atoms with Crippen LogP contribution < -0.4 is 0 Å². The molecular weight excluding hydrogens is 229 g/mol. The Morgan fingerprint density at radius 3 is 2.76 bits per heavy atom. The number of rotatable bonds is 2. The van der Waals surface area contributed by atoms with Crippen molar-refractivity contribution in [3.05, 3.63) is 39.2 Å². The van der Waals surface area contributed by atoms with E-state index in [0.29, 0.717) is 0 Å². The largest absolute Gasteiger partial charge is 0.481 e. The molecule has 0 fully saturated rings. The van der Waals surface area contributed by atoms with E-state index in [1.807, 2.05) is 0 Å². The van der Waals surface area contributed by atoms with Crippen molar-refractivity contribution in [3.63, 3.8) is 0 Å². The van der Waals surface area contributed by atoms with Crippen molar-refractivity contribution in [1.82, 2.24) is 0 Å². The summed E-state index contributed by atoms with van der Waals surface area (Å²) in [7, 11) is 0. The summed E-state index contributed by atoms with van der Waals surface area (Å²) >= 11 is 0. The number of nitro benzene ring substituents is 1. The maximum Gasteiger partial charge on any atom is 0.315 e. The van der Waals surface area contributed by atoms with Gasteiger partial charge < -0.3 is 5.11 Å². The van der Waals surface area contributed by atoms with Crippen LogP contribution in [0, 0.1) is 34.7 Å². The zero-order chi connectivity index (χ0) is 13.0. The molecule has 1 aromatic rings. The second-order valence-corrected chi connectivity index (χ2v) is 3.25. The summed E-state index contributed by atoms with van der Waals surface area (Å²) in [6.45, 7) is 1.41. The lowest BCUT2D eigenvalue weighted by Gasteiger charge is -1.99.